The Kier molecular flexibility index (Phi) is 10.2. The normalized spacial score (nSPS) is 12.0. The summed E-state index contributed by atoms with van der Waals surface area (Å²) in [5.74, 6) is -1.28. The lowest BCUT2D eigenvalue weighted by atomic mass is 10.1. The molecule has 0 saturated carbocycles. The van der Waals surface area contributed by atoms with Crippen molar-refractivity contribution >= 4 is 27.5 Å². The average Bonchev–Trinajstić information content (AvgIpc) is 2.91. The van der Waals surface area contributed by atoms with Crippen LogP contribution in [0.25, 0.3) is 0 Å². The van der Waals surface area contributed by atoms with Crippen molar-refractivity contribution in [2.24, 2.45) is 0 Å². The van der Waals surface area contributed by atoms with E-state index in [1.165, 1.54) is 29.2 Å². The van der Waals surface area contributed by atoms with Gasteiger partial charge in [-0.1, -0.05) is 55.8 Å². The van der Waals surface area contributed by atoms with E-state index in [2.05, 4.69) is 5.32 Å². The summed E-state index contributed by atoms with van der Waals surface area (Å²) in [6, 6.07) is 18.2. The van der Waals surface area contributed by atoms with Gasteiger partial charge in [-0.25, -0.2) is 12.8 Å². The number of amides is 2. The molecule has 1 N–H and O–H groups in total. The lowest BCUT2D eigenvalue weighted by molar-refractivity contribution is -0.140. The first-order chi connectivity index (χ1) is 18.6. The highest BCUT2D eigenvalue weighted by molar-refractivity contribution is 7.92. The second kappa shape index (κ2) is 13.4. The Hall–Kier alpha value is -3.72. The standard InChI is InChI=1S/C30H36FN3O4S/c1-5-18-32-30(36)28(6-2)33(20-24-12-14-25(31)15-13-24)29(35)21-34(26-9-7-8-23(4)19-26)39(37,38)27-16-10-22(3)11-17-27/h7-17,19,28H,5-6,18,20-21H2,1-4H3,(H,32,36). The number of rotatable bonds is 12. The van der Waals surface area contributed by atoms with Crippen molar-refractivity contribution in [2.75, 3.05) is 17.4 Å². The monoisotopic (exact) mass is 553 g/mol. The minimum absolute atomic E-state index is 0.0173. The van der Waals surface area contributed by atoms with Crippen LogP contribution >= 0.6 is 0 Å². The Morgan fingerprint density at radius 3 is 2.18 bits per heavy atom. The molecule has 3 rings (SSSR count). The fraction of sp³-hybridized carbons (Fsp3) is 0.333. The molecule has 39 heavy (non-hydrogen) atoms. The Bertz CT molecular complexity index is 1380. The van der Waals surface area contributed by atoms with Gasteiger partial charge in [0.25, 0.3) is 10.0 Å². The number of nitrogens with zero attached hydrogens (tertiary/aromatic N) is 2. The molecule has 0 aliphatic rings. The lowest BCUT2D eigenvalue weighted by Crippen LogP contribution is -2.52. The maximum absolute atomic E-state index is 14.0. The molecular formula is C30H36FN3O4S. The molecule has 0 saturated heterocycles. The number of carbonyl (C=O) groups is 2. The molecule has 208 valence electrons. The van der Waals surface area contributed by atoms with Crippen LogP contribution in [0.4, 0.5) is 10.1 Å². The number of carbonyl (C=O) groups excluding carboxylic acids is 2. The van der Waals surface area contributed by atoms with E-state index in [1.54, 1.807) is 49.4 Å². The SMILES string of the molecule is CCCNC(=O)C(CC)N(Cc1ccc(F)cc1)C(=O)CN(c1cccc(C)c1)S(=O)(=O)c1ccc(C)cc1. The van der Waals surface area contributed by atoms with Crippen LogP contribution in [0.15, 0.2) is 77.7 Å². The molecule has 0 aliphatic carbocycles. The molecule has 0 bridgehead atoms. The highest BCUT2D eigenvalue weighted by atomic mass is 32.2. The van der Waals surface area contributed by atoms with Crippen LogP contribution in [0.1, 0.15) is 43.4 Å². The van der Waals surface area contributed by atoms with Crippen LogP contribution < -0.4 is 9.62 Å². The average molecular weight is 554 g/mol. The van der Waals surface area contributed by atoms with Gasteiger partial charge >= 0.3 is 0 Å². The minimum Gasteiger partial charge on any atom is -0.354 e. The van der Waals surface area contributed by atoms with Gasteiger partial charge in [0, 0.05) is 13.1 Å². The molecule has 0 fully saturated rings. The van der Waals surface area contributed by atoms with Crippen LogP contribution in [0, 0.1) is 19.7 Å². The van der Waals surface area contributed by atoms with Gasteiger partial charge in [0.05, 0.1) is 10.6 Å². The number of hydrogen-bond donors (Lipinski definition) is 1. The van der Waals surface area contributed by atoms with Crippen molar-refractivity contribution in [3.8, 4) is 0 Å². The third-order valence-electron chi connectivity index (χ3n) is 6.38. The summed E-state index contributed by atoms with van der Waals surface area (Å²) in [5, 5.41) is 2.84. The second-order valence-electron chi connectivity index (χ2n) is 9.53. The molecule has 7 nitrogen and oxygen atoms in total. The van der Waals surface area contributed by atoms with Gasteiger partial charge in [-0.3, -0.25) is 13.9 Å². The van der Waals surface area contributed by atoms with E-state index in [0.29, 0.717) is 24.2 Å². The number of halogens is 1. The molecule has 3 aromatic rings. The third kappa shape index (κ3) is 7.66. The number of anilines is 1. The quantitative estimate of drug-likeness (QED) is 0.343. The largest absolute Gasteiger partial charge is 0.354 e. The van der Waals surface area contributed by atoms with Crippen molar-refractivity contribution < 1.29 is 22.4 Å². The summed E-state index contributed by atoms with van der Waals surface area (Å²) in [6.45, 7) is 7.38. The molecule has 9 heteroatoms. The molecule has 3 aromatic carbocycles. The van der Waals surface area contributed by atoms with E-state index in [-0.39, 0.29) is 17.3 Å². The zero-order valence-electron chi connectivity index (χ0n) is 22.9. The van der Waals surface area contributed by atoms with Crippen LogP contribution in [0.3, 0.4) is 0 Å². The molecule has 1 unspecified atom stereocenters. The van der Waals surface area contributed by atoms with Crippen LogP contribution in [-0.4, -0.2) is 44.3 Å². The Morgan fingerprint density at radius 2 is 1.59 bits per heavy atom. The molecule has 0 heterocycles. The van der Waals surface area contributed by atoms with Gasteiger partial charge in [-0.2, -0.15) is 0 Å². The lowest BCUT2D eigenvalue weighted by Gasteiger charge is -2.33. The summed E-state index contributed by atoms with van der Waals surface area (Å²) in [4.78, 5) is 28.5. The fourth-order valence-corrected chi connectivity index (χ4v) is 5.63. The first-order valence-corrected chi connectivity index (χ1v) is 14.5. The molecular weight excluding hydrogens is 517 g/mol. The summed E-state index contributed by atoms with van der Waals surface area (Å²) in [5.41, 5.74) is 2.70. The Morgan fingerprint density at radius 1 is 0.923 bits per heavy atom. The van der Waals surface area contributed by atoms with Gasteiger partial charge in [-0.15, -0.1) is 0 Å². The van der Waals surface area contributed by atoms with Gasteiger partial charge in [-0.05, 0) is 74.2 Å². The zero-order valence-corrected chi connectivity index (χ0v) is 23.7. The van der Waals surface area contributed by atoms with Crippen molar-refractivity contribution in [1.29, 1.82) is 0 Å². The van der Waals surface area contributed by atoms with Crippen LogP contribution in [0.5, 0.6) is 0 Å². The van der Waals surface area contributed by atoms with E-state index >= 15 is 0 Å². The summed E-state index contributed by atoms with van der Waals surface area (Å²) in [7, 11) is -4.13. The number of nitrogens with one attached hydrogen (secondary N) is 1. The zero-order chi connectivity index (χ0) is 28.6. The van der Waals surface area contributed by atoms with Gasteiger partial charge in [0.15, 0.2) is 0 Å². The molecule has 0 aromatic heterocycles. The van der Waals surface area contributed by atoms with Crippen molar-refractivity contribution in [2.45, 2.75) is 58.0 Å². The molecule has 0 aliphatic heterocycles. The van der Waals surface area contributed by atoms with E-state index in [9.17, 15) is 22.4 Å². The predicted octanol–water partition coefficient (Wildman–Crippen LogP) is 4.97. The number of sulfonamides is 1. The fourth-order valence-electron chi connectivity index (χ4n) is 4.22. The van der Waals surface area contributed by atoms with E-state index in [4.69, 9.17) is 0 Å². The van der Waals surface area contributed by atoms with E-state index < -0.39 is 34.3 Å². The van der Waals surface area contributed by atoms with E-state index in [0.717, 1.165) is 21.9 Å². The number of hydrogen-bond acceptors (Lipinski definition) is 4. The Balaban J connectivity index is 2.04. The molecule has 2 amide bonds. The van der Waals surface area contributed by atoms with Gasteiger partial charge in [0.1, 0.15) is 18.4 Å². The first-order valence-electron chi connectivity index (χ1n) is 13.0. The molecule has 0 spiro atoms. The second-order valence-corrected chi connectivity index (χ2v) is 11.4. The van der Waals surface area contributed by atoms with Crippen molar-refractivity contribution in [3.05, 3.63) is 95.3 Å². The summed E-state index contributed by atoms with van der Waals surface area (Å²) >= 11 is 0. The smallest absolute Gasteiger partial charge is 0.264 e. The van der Waals surface area contributed by atoms with Gasteiger partial charge < -0.3 is 10.2 Å². The summed E-state index contributed by atoms with van der Waals surface area (Å²) < 4.78 is 42.4. The minimum atomic E-state index is -4.13. The predicted molar refractivity (Wildman–Crippen MR) is 151 cm³/mol. The maximum Gasteiger partial charge on any atom is 0.264 e. The van der Waals surface area contributed by atoms with Crippen molar-refractivity contribution in [3.63, 3.8) is 0 Å². The highest BCUT2D eigenvalue weighted by Crippen LogP contribution is 2.26. The molecule has 0 radical (unpaired) electrons. The van der Waals surface area contributed by atoms with Crippen LogP contribution in [0.2, 0.25) is 0 Å². The third-order valence-corrected chi connectivity index (χ3v) is 8.17. The summed E-state index contributed by atoms with van der Waals surface area (Å²) in [6.07, 6.45) is 1.04. The topological polar surface area (TPSA) is 86.8 Å². The van der Waals surface area contributed by atoms with Crippen LogP contribution in [-0.2, 0) is 26.2 Å². The number of benzene rings is 3. The van der Waals surface area contributed by atoms with Gasteiger partial charge in [0.2, 0.25) is 11.8 Å². The van der Waals surface area contributed by atoms with E-state index in [1.807, 2.05) is 26.8 Å². The highest BCUT2D eigenvalue weighted by Gasteiger charge is 2.33. The van der Waals surface area contributed by atoms with Crippen molar-refractivity contribution in [1.82, 2.24) is 10.2 Å². The Labute approximate surface area is 230 Å². The maximum atomic E-state index is 14.0. The molecule has 1 atom stereocenters. The first kappa shape index (κ1) is 29.8. The number of aryl methyl sites for hydroxylation is 2.